The number of aryl methyl sites for hydroxylation is 2. The van der Waals surface area contributed by atoms with Crippen LogP contribution in [-0.4, -0.2) is 23.5 Å². The van der Waals surface area contributed by atoms with Gasteiger partial charge in [-0.3, -0.25) is 4.79 Å². The summed E-state index contributed by atoms with van der Waals surface area (Å²) < 4.78 is 10.6. The molecule has 0 saturated heterocycles. The number of rotatable bonds is 3. The van der Waals surface area contributed by atoms with Gasteiger partial charge in [-0.2, -0.15) is 0 Å². The molecular formula is C15H23NO4. The molecule has 1 aromatic rings. The average molecular weight is 281 g/mol. The van der Waals surface area contributed by atoms with Crippen molar-refractivity contribution in [1.82, 2.24) is 5.32 Å². The molecule has 5 nitrogen and oxygen atoms in total. The number of furan rings is 1. The van der Waals surface area contributed by atoms with Crippen molar-refractivity contribution in [2.75, 3.05) is 0 Å². The Balaban J connectivity index is 2.78. The lowest BCUT2D eigenvalue weighted by Gasteiger charge is -2.22. The van der Waals surface area contributed by atoms with Gasteiger partial charge in [-0.1, -0.05) is 0 Å². The first kappa shape index (κ1) is 16.3. The van der Waals surface area contributed by atoms with Crippen molar-refractivity contribution in [3.05, 3.63) is 22.6 Å². The molecule has 0 aliphatic heterocycles. The lowest BCUT2D eigenvalue weighted by molar-refractivity contribution is -0.156. The van der Waals surface area contributed by atoms with E-state index >= 15 is 0 Å². The van der Waals surface area contributed by atoms with Crippen molar-refractivity contribution >= 4 is 11.9 Å². The van der Waals surface area contributed by atoms with Crippen LogP contribution in [0.5, 0.6) is 0 Å². The molecule has 0 saturated carbocycles. The molecule has 0 aliphatic carbocycles. The molecule has 20 heavy (non-hydrogen) atoms. The molecule has 0 unspecified atom stereocenters. The van der Waals surface area contributed by atoms with E-state index in [1.807, 2.05) is 6.92 Å². The Hall–Kier alpha value is -1.78. The Bertz CT molecular complexity index is 523. The van der Waals surface area contributed by atoms with Crippen LogP contribution >= 0.6 is 0 Å². The van der Waals surface area contributed by atoms with E-state index in [-0.39, 0.29) is 5.91 Å². The first-order valence-electron chi connectivity index (χ1n) is 6.63. The van der Waals surface area contributed by atoms with Gasteiger partial charge in [0.15, 0.2) is 0 Å². The number of hydrogen-bond acceptors (Lipinski definition) is 4. The largest absolute Gasteiger partial charge is 0.466 e. The average Bonchev–Trinajstić information content (AvgIpc) is 2.50. The second kappa shape index (κ2) is 5.69. The van der Waals surface area contributed by atoms with Gasteiger partial charge in [0.1, 0.15) is 23.2 Å². The highest BCUT2D eigenvalue weighted by Gasteiger charge is 2.25. The van der Waals surface area contributed by atoms with Gasteiger partial charge in [-0.05, 0) is 48.5 Å². The minimum atomic E-state index is -0.712. The Labute approximate surface area is 119 Å². The van der Waals surface area contributed by atoms with E-state index in [1.165, 1.54) is 0 Å². The molecule has 1 atom stereocenters. The van der Waals surface area contributed by atoms with Gasteiger partial charge in [0.05, 0.1) is 5.56 Å². The van der Waals surface area contributed by atoms with Crippen molar-refractivity contribution in [2.24, 2.45) is 0 Å². The number of carbonyl (C=O) groups excluding carboxylic acids is 2. The molecule has 0 spiro atoms. The quantitative estimate of drug-likeness (QED) is 0.865. The van der Waals surface area contributed by atoms with Crippen LogP contribution in [0.15, 0.2) is 4.42 Å². The Morgan fingerprint density at radius 2 is 1.70 bits per heavy atom. The van der Waals surface area contributed by atoms with Crippen LogP contribution in [0.25, 0.3) is 0 Å². The zero-order valence-electron chi connectivity index (χ0n) is 13.2. The highest BCUT2D eigenvalue weighted by molar-refractivity contribution is 5.98. The smallest absolute Gasteiger partial charge is 0.328 e. The molecule has 0 fully saturated rings. The molecule has 0 aliphatic rings. The summed E-state index contributed by atoms with van der Waals surface area (Å²) in [7, 11) is 0. The maximum Gasteiger partial charge on any atom is 0.328 e. The molecule has 1 N–H and O–H groups in total. The molecule has 5 heteroatoms. The fraction of sp³-hybridized carbons (Fsp3) is 0.600. The highest BCUT2D eigenvalue weighted by Crippen LogP contribution is 2.20. The van der Waals surface area contributed by atoms with Crippen LogP contribution < -0.4 is 5.32 Å². The summed E-state index contributed by atoms with van der Waals surface area (Å²) in [6.07, 6.45) is 0. The normalized spacial score (nSPS) is 12.9. The number of amides is 1. The van der Waals surface area contributed by atoms with E-state index in [9.17, 15) is 9.59 Å². The number of nitrogens with one attached hydrogen (secondary N) is 1. The Morgan fingerprint density at radius 3 is 2.10 bits per heavy atom. The van der Waals surface area contributed by atoms with Crippen molar-refractivity contribution in [3.8, 4) is 0 Å². The molecule has 112 valence electrons. The van der Waals surface area contributed by atoms with Gasteiger partial charge in [0.2, 0.25) is 0 Å². The van der Waals surface area contributed by atoms with Crippen LogP contribution in [0.1, 0.15) is 55.1 Å². The van der Waals surface area contributed by atoms with Gasteiger partial charge >= 0.3 is 5.97 Å². The maximum atomic E-state index is 12.2. The second-order valence-corrected chi connectivity index (χ2v) is 5.94. The summed E-state index contributed by atoms with van der Waals surface area (Å²) in [6, 6.07) is -0.712. The van der Waals surface area contributed by atoms with Crippen molar-refractivity contribution in [3.63, 3.8) is 0 Å². The molecule has 0 radical (unpaired) electrons. The predicted octanol–water partition coefficient (Wildman–Crippen LogP) is 2.66. The van der Waals surface area contributed by atoms with Gasteiger partial charge < -0.3 is 14.5 Å². The minimum Gasteiger partial charge on any atom is -0.466 e. The lowest BCUT2D eigenvalue weighted by Crippen LogP contribution is -2.42. The van der Waals surface area contributed by atoms with Crippen LogP contribution in [0.4, 0.5) is 0 Å². The summed E-state index contributed by atoms with van der Waals surface area (Å²) >= 11 is 0. The molecule has 1 heterocycles. The third-order valence-electron chi connectivity index (χ3n) is 2.90. The standard InChI is InChI=1S/C15H23NO4/c1-8-10(3)19-11(4)12(8)13(17)16-9(2)14(18)20-15(5,6)7/h9H,1-7H3,(H,16,17)/t9-/m1/s1. The second-order valence-electron chi connectivity index (χ2n) is 5.94. The Kier molecular flexibility index (Phi) is 4.63. The first-order chi connectivity index (χ1) is 9.03. The summed E-state index contributed by atoms with van der Waals surface area (Å²) in [5, 5.41) is 2.64. The first-order valence-corrected chi connectivity index (χ1v) is 6.63. The third-order valence-corrected chi connectivity index (χ3v) is 2.90. The SMILES string of the molecule is Cc1oc(C)c(C(=O)N[C@H](C)C(=O)OC(C)(C)C)c1C. The van der Waals surface area contributed by atoms with Crippen molar-refractivity contribution in [1.29, 1.82) is 0 Å². The minimum absolute atomic E-state index is 0.324. The van der Waals surface area contributed by atoms with Crippen molar-refractivity contribution in [2.45, 2.75) is 60.1 Å². The van der Waals surface area contributed by atoms with Crippen molar-refractivity contribution < 1.29 is 18.7 Å². The molecular weight excluding hydrogens is 258 g/mol. The summed E-state index contributed by atoms with van der Waals surface area (Å²) in [5.41, 5.74) is 0.697. The number of carbonyl (C=O) groups is 2. The predicted molar refractivity (Wildman–Crippen MR) is 75.7 cm³/mol. The van der Waals surface area contributed by atoms with Gasteiger partial charge in [-0.15, -0.1) is 0 Å². The van der Waals surface area contributed by atoms with Crippen LogP contribution in [0.3, 0.4) is 0 Å². The van der Waals surface area contributed by atoms with Gasteiger partial charge in [0, 0.05) is 5.56 Å². The topological polar surface area (TPSA) is 68.5 Å². The highest BCUT2D eigenvalue weighted by atomic mass is 16.6. The van der Waals surface area contributed by atoms with E-state index in [0.717, 1.165) is 5.56 Å². The summed E-state index contributed by atoms with van der Waals surface area (Å²) in [6.45, 7) is 12.3. The summed E-state index contributed by atoms with van der Waals surface area (Å²) in [4.78, 5) is 24.0. The van der Waals surface area contributed by atoms with Gasteiger partial charge in [-0.25, -0.2) is 4.79 Å². The van der Waals surface area contributed by atoms with Crippen LogP contribution in [-0.2, 0) is 9.53 Å². The summed E-state index contributed by atoms with van der Waals surface area (Å²) in [5.74, 6) is 0.475. The third kappa shape index (κ3) is 3.85. The molecule has 0 aromatic carbocycles. The number of esters is 1. The monoisotopic (exact) mass is 281 g/mol. The fourth-order valence-corrected chi connectivity index (χ4v) is 1.85. The van der Waals surface area contributed by atoms with E-state index < -0.39 is 17.6 Å². The zero-order valence-corrected chi connectivity index (χ0v) is 13.2. The van der Waals surface area contributed by atoms with E-state index in [2.05, 4.69) is 5.32 Å². The Morgan fingerprint density at radius 1 is 1.15 bits per heavy atom. The molecule has 0 bridgehead atoms. The number of ether oxygens (including phenoxy) is 1. The van der Waals surface area contributed by atoms with E-state index in [4.69, 9.17) is 9.15 Å². The molecule has 1 rings (SSSR count). The molecule has 1 aromatic heterocycles. The molecule has 1 amide bonds. The van der Waals surface area contributed by atoms with Crippen LogP contribution in [0.2, 0.25) is 0 Å². The fourth-order valence-electron chi connectivity index (χ4n) is 1.85. The van der Waals surface area contributed by atoms with Gasteiger partial charge in [0.25, 0.3) is 5.91 Å². The maximum absolute atomic E-state index is 12.2. The zero-order chi connectivity index (χ0) is 15.7. The van der Waals surface area contributed by atoms with Crippen LogP contribution in [0, 0.1) is 20.8 Å². The number of hydrogen-bond donors (Lipinski definition) is 1. The van der Waals surface area contributed by atoms with E-state index in [0.29, 0.717) is 17.1 Å². The lowest BCUT2D eigenvalue weighted by atomic mass is 10.1. The van der Waals surface area contributed by atoms with E-state index in [1.54, 1.807) is 41.5 Å².